The Morgan fingerprint density at radius 1 is 1.19 bits per heavy atom. The average Bonchev–Trinajstić information content (AvgIpc) is 3.03. The Morgan fingerprint density at radius 2 is 2.00 bits per heavy atom. The molecule has 2 aromatic heterocycles. The smallest absolute Gasteiger partial charge is 0.422 e. The molecule has 0 saturated carbocycles. The Balaban J connectivity index is 1.43. The summed E-state index contributed by atoms with van der Waals surface area (Å²) < 4.78 is 41.9. The van der Waals surface area contributed by atoms with Crippen molar-refractivity contribution in [3.8, 4) is 5.88 Å². The third-order valence-corrected chi connectivity index (χ3v) is 4.63. The molecule has 0 atom stereocenters. The molecule has 0 saturated heterocycles. The molecule has 0 unspecified atom stereocenters. The van der Waals surface area contributed by atoms with Crippen molar-refractivity contribution in [1.82, 2.24) is 9.97 Å². The largest absolute Gasteiger partial charge is 0.468 e. The number of nitrogens with zero attached hydrogens (tertiary/aromatic N) is 2. The zero-order valence-electron chi connectivity index (χ0n) is 14.1. The Kier molecular flexibility index (Phi) is 5.90. The standard InChI is InChI=1S/C18H16F3N3O2S/c19-18(20,21)11-26-16-9-8-12(10-22-16)23-15(25)6-3-7-17-24-13-4-1-2-5-14(13)27-17/h1-2,4-5,8-10H,3,6-7,11H2,(H,23,25). The van der Waals surface area contributed by atoms with E-state index >= 15 is 0 Å². The van der Waals surface area contributed by atoms with Crippen LogP contribution in [0.5, 0.6) is 5.88 Å². The van der Waals surface area contributed by atoms with Crippen LogP contribution in [-0.4, -0.2) is 28.7 Å². The molecule has 0 bridgehead atoms. The summed E-state index contributed by atoms with van der Waals surface area (Å²) in [6.45, 7) is -1.41. The van der Waals surface area contributed by atoms with E-state index in [1.807, 2.05) is 24.3 Å². The van der Waals surface area contributed by atoms with Gasteiger partial charge < -0.3 is 10.1 Å². The summed E-state index contributed by atoms with van der Waals surface area (Å²) in [7, 11) is 0. The maximum atomic E-state index is 12.1. The molecule has 1 amide bonds. The van der Waals surface area contributed by atoms with Crippen molar-refractivity contribution >= 4 is 33.1 Å². The minimum absolute atomic E-state index is 0.152. The van der Waals surface area contributed by atoms with Gasteiger partial charge in [0.2, 0.25) is 11.8 Å². The van der Waals surface area contributed by atoms with Crippen LogP contribution in [0.1, 0.15) is 17.8 Å². The van der Waals surface area contributed by atoms with Gasteiger partial charge in [0.15, 0.2) is 6.61 Å². The van der Waals surface area contributed by atoms with Crippen molar-refractivity contribution in [3.05, 3.63) is 47.6 Å². The number of aromatic nitrogens is 2. The molecule has 0 radical (unpaired) electrons. The second-order valence-electron chi connectivity index (χ2n) is 5.77. The van der Waals surface area contributed by atoms with E-state index in [0.717, 1.165) is 15.2 Å². The van der Waals surface area contributed by atoms with Crippen LogP contribution in [-0.2, 0) is 11.2 Å². The molecule has 0 aliphatic heterocycles. The summed E-state index contributed by atoms with van der Waals surface area (Å²) in [4.78, 5) is 20.2. The summed E-state index contributed by atoms with van der Waals surface area (Å²) in [6.07, 6.45) is -1.50. The van der Waals surface area contributed by atoms with Gasteiger partial charge in [-0.1, -0.05) is 12.1 Å². The molecule has 3 rings (SSSR count). The van der Waals surface area contributed by atoms with Crippen molar-refractivity contribution in [2.24, 2.45) is 0 Å². The number of pyridine rings is 1. The summed E-state index contributed by atoms with van der Waals surface area (Å²) >= 11 is 1.61. The number of halogens is 3. The highest BCUT2D eigenvalue weighted by Crippen LogP contribution is 2.23. The molecule has 1 aromatic carbocycles. The van der Waals surface area contributed by atoms with E-state index in [9.17, 15) is 18.0 Å². The first-order chi connectivity index (χ1) is 12.9. The number of nitrogens with one attached hydrogen (secondary N) is 1. The normalized spacial score (nSPS) is 11.5. The number of carbonyl (C=O) groups is 1. The van der Waals surface area contributed by atoms with Crippen molar-refractivity contribution in [1.29, 1.82) is 0 Å². The Bertz CT molecular complexity index is 877. The number of anilines is 1. The lowest BCUT2D eigenvalue weighted by Crippen LogP contribution is -2.19. The lowest BCUT2D eigenvalue weighted by atomic mass is 10.2. The average molecular weight is 395 g/mol. The number of thiazole rings is 1. The number of fused-ring (bicyclic) bond motifs is 1. The first kappa shape index (κ1) is 19.1. The van der Waals surface area contributed by atoms with Gasteiger partial charge in [0.25, 0.3) is 0 Å². The van der Waals surface area contributed by atoms with Gasteiger partial charge in [-0.25, -0.2) is 9.97 Å². The van der Waals surface area contributed by atoms with Gasteiger partial charge in [0.1, 0.15) is 0 Å². The molecule has 142 valence electrons. The first-order valence-electron chi connectivity index (χ1n) is 8.19. The molecule has 5 nitrogen and oxygen atoms in total. The third-order valence-electron chi connectivity index (χ3n) is 3.54. The van der Waals surface area contributed by atoms with Crippen LogP contribution in [0.15, 0.2) is 42.6 Å². The monoisotopic (exact) mass is 395 g/mol. The minimum atomic E-state index is -4.42. The fourth-order valence-corrected chi connectivity index (χ4v) is 3.36. The number of rotatable bonds is 7. The Hall–Kier alpha value is -2.68. The fraction of sp³-hybridized carbons (Fsp3) is 0.278. The van der Waals surface area contributed by atoms with Gasteiger partial charge in [-0.2, -0.15) is 13.2 Å². The second-order valence-corrected chi connectivity index (χ2v) is 6.88. The number of carbonyl (C=O) groups excluding carboxylic acids is 1. The van der Waals surface area contributed by atoms with Crippen LogP contribution >= 0.6 is 11.3 Å². The molecule has 0 aliphatic carbocycles. The quantitative estimate of drug-likeness (QED) is 0.635. The topological polar surface area (TPSA) is 64.1 Å². The van der Waals surface area contributed by atoms with Gasteiger partial charge in [0.05, 0.1) is 27.1 Å². The number of para-hydroxylation sites is 1. The lowest BCUT2D eigenvalue weighted by Gasteiger charge is -2.09. The van der Waals surface area contributed by atoms with Gasteiger partial charge in [0, 0.05) is 12.5 Å². The third kappa shape index (κ3) is 5.92. The zero-order chi connectivity index (χ0) is 19.3. The Labute approximate surface area is 157 Å². The highest BCUT2D eigenvalue weighted by Gasteiger charge is 2.28. The summed E-state index contributed by atoms with van der Waals surface area (Å²) in [5, 5.41) is 3.64. The lowest BCUT2D eigenvalue weighted by molar-refractivity contribution is -0.154. The number of hydrogen-bond acceptors (Lipinski definition) is 5. The number of amides is 1. The summed E-state index contributed by atoms with van der Waals surface area (Å²) in [5.74, 6) is -0.344. The highest BCUT2D eigenvalue weighted by atomic mass is 32.1. The molecule has 0 aliphatic rings. The van der Waals surface area contributed by atoms with Crippen molar-refractivity contribution in [2.45, 2.75) is 25.4 Å². The van der Waals surface area contributed by atoms with E-state index in [4.69, 9.17) is 0 Å². The highest BCUT2D eigenvalue weighted by molar-refractivity contribution is 7.18. The predicted molar refractivity (Wildman–Crippen MR) is 97.0 cm³/mol. The van der Waals surface area contributed by atoms with E-state index in [1.165, 1.54) is 18.3 Å². The Morgan fingerprint density at radius 3 is 2.70 bits per heavy atom. The maximum Gasteiger partial charge on any atom is 0.422 e. The van der Waals surface area contributed by atoms with Gasteiger partial charge in [-0.15, -0.1) is 11.3 Å². The van der Waals surface area contributed by atoms with Crippen LogP contribution in [0, 0.1) is 0 Å². The van der Waals surface area contributed by atoms with E-state index in [0.29, 0.717) is 24.9 Å². The van der Waals surface area contributed by atoms with Crippen LogP contribution in [0.4, 0.5) is 18.9 Å². The van der Waals surface area contributed by atoms with E-state index in [-0.39, 0.29) is 11.8 Å². The maximum absolute atomic E-state index is 12.1. The molecule has 9 heteroatoms. The van der Waals surface area contributed by atoms with Crippen LogP contribution in [0.2, 0.25) is 0 Å². The number of benzene rings is 1. The molecular weight excluding hydrogens is 379 g/mol. The van der Waals surface area contributed by atoms with Crippen LogP contribution in [0.25, 0.3) is 10.2 Å². The van der Waals surface area contributed by atoms with E-state index in [2.05, 4.69) is 20.0 Å². The zero-order valence-corrected chi connectivity index (χ0v) is 14.9. The molecular formula is C18H16F3N3O2S. The van der Waals surface area contributed by atoms with Gasteiger partial charge >= 0.3 is 6.18 Å². The predicted octanol–water partition coefficient (Wildman–Crippen LogP) is 4.59. The molecule has 0 fully saturated rings. The number of hydrogen-bond donors (Lipinski definition) is 1. The number of alkyl halides is 3. The van der Waals surface area contributed by atoms with Gasteiger partial charge in [-0.3, -0.25) is 4.79 Å². The van der Waals surface area contributed by atoms with E-state index < -0.39 is 12.8 Å². The van der Waals surface area contributed by atoms with Crippen LogP contribution < -0.4 is 10.1 Å². The minimum Gasteiger partial charge on any atom is -0.468 e. The molecule has 27 heavy (non-hydrogen) atoms. The van der Waals surface area contributed by atoms with Crippen LogP contribution in [0.3, 0.4) is 0 Å². The van der Waals surface area contributed by atoms with Crippen molar-refractivity contribution in [2.75, 3.05) is 11.9 Å². The SMILES string of the molecule is O=C(CCCc1nc2ccccc2s1)Nc1ccc(OCC(F)(F)F)nc1. The summed E-state index contributed by atoms with van der Waals surface area (Å²) in [5.41, 5.74) is 1.36. The summed E-state index contributed by atoms with van der Waals surface area (Å²) in [6, 6.07) is 10.6. The van der Waals surface area contributed by atoms with Gasteiger partial charge in [-0.05, 0) is 31.0 Å². The second kappa shape index (κ2) is 8.34. The molecule has 2 heterocycles. The van der Waals surface area contributed by atoms with E-state index in [1.54, 1.807) is 11.3 Å². The number of aryl methyl sites for hydroxylation is 1. The first-order valence-corrected chi connectivity index (χ1v) is 9.01. The molecule has 3 aromatic rings. The fourth-order valence-electron chi connectivity index (χ4n) is 2.35. The van der Waals surface area contributed by atoms with Crippen molar-refractivity contribution < 1.29 is 22.7 Å². The number of ether oxygens (including phenoxy) is 1. The molecule has 1 N–H and O–H groups in total. The molecule has 0 spiro atoms. The van der Waals surface area contributed by atoms with Crippen molar-refractivity contribution in [3.63, 3.8) is 0 Å².